The monoisotopic (exact) mass is 353 g/mol. The summed E-state index contributed by atoms with van der Waals surface area (Å²) in [5.41, 5.74) is 15.6. The summed E-state index contributed by atoms with van der Waals surface area (Å²) in [5.74, 6) is 2.48. The average molecular weight is 353 g/mol. The molecule has 2 fully saturated rings. The van der Waals surface area contributed by atoms with Gasteiger partial charge in [0.2, 0.25) is 0 Å². The van der Waals surface area contributed by atoms with Gasteiger partial charge >= 0.3 is 0 Å². The summed E-state index contributed by atoms with van der Waals surface area (Å²) in [4.78, 5) is 16.2. The molecule has 2 unspecified atom stereocenters. The van der Waals surface area contributed by atoms with E-state index in [1.165, 1.54) is 5.56 Å². The van der Waals surface area contributed by atoms with Crippen LogP contribution in [0, 0.1) is 19.8 Å². The molecule has 7 heteroatoms. The second-order valence-electron chi connectivity index (χ2n) is 7.38. The molecule has 2 aromatic heterocycles. The number of aryl methyl sites for hydroxylation is 1. The number of hydrogen-bond acceptors (Lipinski definition) is 7. The Kier molecular flexibility index (Phi) is 4.84. The Morgan fingerprint density at radius 1 is 1.15 bits per heavy atom. The molecule has 2 aliphatic heterocycles. The van der Waals surface area contributed by atoms with Gasteiger partial charge in [-0.15, -0.1) is 0 Å². The van der Waals surface area contributed by atoms with Gasteiger partial charge in [-0.2, -0.15) is 0 Å². The Bertz CT molecular complexity index is 756. The van der Waals surface area contributed by atoms with Crippen LogP contribution in [0.15, 0.2) is 24.5 Å². The Morgan fingerprint density at radius 2 is 1.96 bits per heavy atom. The molecule has 4 heterocycles. The predicted molar refractivity (Wildman–Crippen MR) is 102 cm³/mol. The fourth-order valence-electron chi connectivity index (χ4n) is 3.98. The van der Waals surface area contributed by atoms with Gasteiger partial charge in [-0.25, -0.2) is 15.4 Å². The second-order valence-corrected chi connectivity index (χ2v) is 7.38. The molecule has 2 saturated heterocycles. The zero-order valence-electron chi connectivity index (χ0n) is 15.4. The van der Waals surface area contributed by atoms with E-state index in [-0.39, 0.29) is 6.17 Å². The summed E-state index contributed by atoms with van der Waals surface area (Å²) in [6.07, 6.45) is 6.97. The molecule has 4 N–H and O–H groups in total. The largest absolute Gasteiger partial charge is 0.356 e. The first-order chi connectivity index (χ1) is 12.6. The van der Waals surface area contributed by atoms with E-state index in [2.05, 4.69) is 39.6 Å². The molecule has 0 aromatic carbocycles. The Morgan fingerprint density at radius 3 is 2.62 bits per heavy atom. The van der Waals surface area contributed by atoms with Crippen LogP contribution in [0.3, 0.4) is 0 Å². The third-order valence-electron chi connectivity index (χ3n) is 5.65. The van der Waals surface area contributed by atoms with Crippen molar-refractivity contribution < 1.29 is 0 Å². The van der Waals surface area contributed by atoms with E-state index in [4.69, 9.17) is 10.7 Å². The zero-order chi connectivity index (χ0) is 18.1. The molecule has 138 valence electrons. The number of anilines is 1. The van der Waals surface area contributed by atoms with Crippen molar-refractivity contribution in [1.29, 1.82) is 0 Å². The van der Waals surface area contributed by atoms with E-state index in [1.807, 2.05) is 18.3 Å². The highest BCUT2D eigenvalue weighted by Crippen LogP contribution is 2.30. The Balaban J connectivity index is 1.52. The van der Waals surface area contributed by atoms with E-state index in [1.54, 1.807) is 6.20 Å². The number of pyridine rings is 1. The highest BCUT2D eigenvalue weighted by molar-refractivity contribution is 5.59. The average Bonchev–Trinajstić information content (AvgIpc) is 3.11. The maximum atomic E-state index is 5.95. The van der Waals surface area contributed by atoms with E-state index in [0.29, 0.717) is 12.0 Å². The molecular weight excluding hydrogens is 326 g/mol. The van der Waals surface area contributed by atoms with Crippen LogP contribution in [-0.2, 0) is 0 Å². The van der Waals surface area contributed by atoms with Crippen LogP contribution >= 0.6 is 0 Å². The van der Waals surface area contributed by atoms with Crippen molar-refractivity contribution in [2.75, 3.05) is 18.0 Å². The van der Waals surface area contributed by atoms with Crippen LogP contribution in [0.25, 0.3) is 11.4 Å². The number of piperidine rings is 1. The third kappa shape index (κ3) is 3.42. The summed E-state index contributed by atoms with van der Waals surface area (Å²) in [7, 11) is 0. The van der Waals surface area contributed by atoms with Gasteiger partial charge in [-0.3, -0.25) is 10.4 Å². The smallest absolute Gasteiger partial charge is 0.163 e. The maximum absolute atomic E-state index is 5.95. The highest BCUT2D eigenvalue weighted by Gasteiger charge is 2.32. The molecule has 0 spiro atoms. The van der Waals surface area contributed by atoms with Gasteiger partial charge in [0, 0.05) is 48.3 Å². The second kappa shape index (κ2) is 7.26. The SMILES string of the molecule is Cc1nc(-c2cccnc2)nc(N2CCC(C3CC(N)NN3)CC2)c1C. The summed E-state index contributed by atoms with van der Waals surface area (Å²) in [6.45, 7) is 6.21. The molecule has 2 atom stereocenters. The summed E-state index contributed by atoms with van der Waals surface area (Å²) < 4.78 is 0. The van der Waals surface area contributed by atoms with Crippen molar-refractivity contribution >= 4 is 5.82 Å². The summed E-state index contributed by atoms with van der Waals surface area (Å²) in [5, 5.41) is 0. The first-order valence-electron chi connectivity index (χ1n) is 9.39. The molecule has 7 nitrogen and oxygen atoms in total. The Labute approximate surface area is 154 Å². The first kappa shape index (κ1) is 17.3. The van der Waals surface area contributed by atoms with Gasteiger partial charge < -0.3 is 10.6 Å². The van der Waals surface area contributed by atoms with Crippen molar-refractivity contribution in [1.82, 2.24) is 25.8 Å². The molecule has 0 bridgehead atoms. The van der Waals surface area contributed by atoms with Gasteiger partial charge in [0.05, 0.1) is 6.17 Å². The van der Waals surface area contributed by atoms with Crippen molar-refractivity contribution in [2.24, 2.45) is 11.7 Å². The van der Waals surface area contributed by atoms with Crippen molar-refractivity contribution in [3.63, 3.8) is 0 Å². The van der Waals surface area contributed by atoms with E-state index < -0.39 is 0 Å². The summed E-state index contributed by atoms with van der Waals surface area (Å²) >= 11 is 0. The van der Waals surface area contributed by atoms with Gasteiger partial charge in [0.25, 0.3) is 0 Å². The quantitative estimate of drug-likeness (QED) is 0.770. The fraction of sp³-hybridized carbons (Fsp3) is 0.526. The molecule has 0 aliphatic carbocycles. The van der Waals surface area contributed by atoms with Crippen LogP contribution < -0.4 is 21.5 Å². The number of rotatable bonds is 3. The molecule has 0 amide bonds. The van der Waals surface area contributed by atoms with Crippen LogP contribution in [0.1, 0.15) is 30.5 Å². The lowest BCUT2D eigenvalue weighted by Crippen LogP contribution is -2.43. The lowest BCUT2D eigenvalue weighted by molar-refractivity contribution is 0.310. The molecule has 26 heavy (non-hydrogen) atoms. The number of nitrogens with zero attached hydrogens (tertiary/aromatic N) is 4. The Hall–Kier alpha value is -2.09. The maximum Gasteiger partial charge on any atom is 0.163 e. The van der Waals surface area contributed by atoms with Crippen molar-refractivity contribution in [3.05, 3.63) is 35.8 Å². The first-order valence-corrected chi connectivity index (χ1v) is 9.39. The minimum atomic E-state index is 0.0758. The van der Waals surface area contributed by atoms with Crippen molar-refractivity contribution in [3.8, 4) is 11.4 Å². The summed E-state index contributed by atoms with van der Waals surface area (Å²) in [6, 6.07) is 4.41. The van der Waals surface area contributed by atoms with Crippen LogP contribution in [0.5, 0.6) is 0 Å². The molecule has 2 aromatic rings. The molecule has 0 radical (unpaired) electrons. The van der Waals surface area contributed by atoms with E-state index in [9.17, 15) is 0 Å². The lowest BCUT2D eigenvalue weighted by atomic mass is 9.88. The van der Waals surface area contributed by atoms with Gasteiger partial charge in [-0.05, 0) is 51.2 Å². The highest BCUT2D eigenvalue weighted by atomic mass is 15.4. The number of hydrogen-bond donors (Lipinski definition) is 3. The standard InChI is InChI=1S/C19H27N7/c1-12-13(2)22-18(15-4-3-7-21-11-15)23-19(12)26-8-5-14(6-9-26)16-10-17(20)25-24-16/h3-4,7,11,14,16-17,24-25H,5-6,8-10,20H2,1-2H3. The number of hydrazine groups is 1. The van der Waals surface area contributed by atoms with Gasteiger partial charge in [-0.1, -0.05) is 0 Å². The molecule has 2 aliphatic rings. The number of aromatic nitrogens is 3. The minimum absolute atomic E-state index is 0.0758. The van der Waals surface area contributed by atoms with Crippen LogP contribution in [-0.4, -0.2) is 40.2 Å². The predicted octanol–water partition coefficient (Wildman–Crippen LogP) is 1.52. The third-order valence-corrected chi connectivity index (χ3v) is 5.65. The number of nitrogens with two attached hydrogens (primary N) is 1. The van der Waals surface area contributed by atoms with E-state index >= 15 is 0 Å². The molecule has 0 saturated carbocycles. The van der Waals surface area contributed by atoms with Crippen LogP contribution in [0.4, 0.5) is 5.82 Å². The normalized spacial score (nSPS) is 24.2. The zero-order valence-corrected chi connectivity index (χ0v) is 15.4. The topological polar surface area (TPSA) is 92.0 Å². The van der Waals surface area contributed by atoms with Crippen molar-refractivity contribution in [2.45, 2.75) is 45.3 Å². The molecule has 4 rings (SSSR count). The van der Waals surface area contributed by atoms with Gasteiger partial charge in [0.15, 0.2) is 5.82 Å². The van der Waals surface area contributed by atoms with Gasteiger partial charge in [0.1, 0.15) is 5.82 Å². The minimum Gasteiger partial charge on any atom is -0.356 e. The lowest BCUT2D eigenvalue weighted by Gasteiger charge is -2.36. The number of nitrogens with one attached hydrogen (secondary N) is 2. The fourth-order valence-corrected chi connectivity index (χ4v) is 3.98. The van der Waals surface area contributed by atoms with E-state index in [0.717, 1.165) is 55.3 Å². The molecular formula is C19H27N7. The van der Waals surface area contributed by atoms with Crippen LogP contribution in [0.2, 0.25) is 0 Å².